The van der Waals surface area contributed by atoms with Crippen molar-refractivity contribution in [3.63, 3.8) is 0 Å². The third kappa shape index (κ3) is 2.09. The van der Waals surface area contributed by atoms with Crippen LogP contribution in [0.25, 0.3) is 0 Å². The largest absolute Gasteiger partial charge is 0.379 e. The van der Waals surface area contributed by atoms with Crippen LogP contribution in [0.2, 0.25) is 0 Å². The zero-order valence-electron chi connectivity index (χ0n) is 8.00. The Morgan fingerprint density at radius 3 is 2.69 bits per heavy atom. The average molecular weight is 183 g/mol. The Hall–Kier alpha value is -0.410. The van der Waals surface area contributed by atoms with Crippen molar-refractivity contribution in [1.29, 1.82) is 0 Å². The van der Waals surface area contributed by atoms with E-state index in [0.717, 1.165) is 45.6 Å². The number of Topliss-reactive ketones (excluding diaryl/α,β-unsaturated/α-hetero) is 1. The maximum Gasteiger partial charge on any atom is 0.149 e. The van der Waals surface area contributed by atoms with Gasteiger partial charge in [-0.05, 0) is 12.8 Å². The summed E-state index contributed by atoms with van der Waals surface area (Å²) >= 11 is 0. The van der Waals surface area contributed by atoms with E-state index in [2.05, 4.69) is 4.90 Å². The van der Waals surface area contributed by atoms with Crippen molar-refractivity contribution in [1.82, 2.24) is 4.90 Å². The van der Waals surface area contributed by atoms with Crippen LogP contribution in [0.1, 0.15) is 25.7 Å². The van der Waals surface area contributed by atoms with E-state index in [1.54, 1.807) is 0 Å². The van der Waals surface area contributed by atoms with E-state index in [1.165, 1.54) is 6.42 Å². The van der Waals surface area contributed by atoms with Gasteiger partial charge in [-0.1, -0.05) is 6.42 Å². The number of morpholine rings is 1. The Balaban J connectivity index is 1.92. The molecule has 0 spiro atoms. The van der Waals surface area contributed by atoms with Gasteiger partial charge in [-0.25, -0.2) is 0 Å². The molecular formula is C10H17NO2. The lowest BCUT2D eigenvalue weighted by Crippen LogP contribution is -2.48. The van der Waals surface area contributed by atoms with E-state index in [0.29, 0.717) is 5.78 Å². The van der Waals surface area contributed by atoms with Gasteiger partial charge in [0.2, 0.25) is 0 Å². The van der Waals surface area contributed by atoms with Crippen LogP contribution in [-0.4, -0.2) is 43.0 Å². The molecule has 0 aromatic carbocycles. The predicted molar refractivity (Wildman–Crippen MR) is 49.7 cm³/mol. The summed E-state index contributed by atoms with van der Waals surface area (Å²) < 4.78 is 5.27. The number of carbonyl (C=O) groups is 1. The van der Waals surface area contributed by atoms with Crippen LogP contribution in [0.15, 0.2) is 0 Å². The summed E-state index contributed by atoms with van der Waals surface area (Å²) in [6.45, 7) is 3.47. The second-order valence-electron chi connectivity index (χ2n) is 3.88. The molecule has 1 aliphatic carbocycles. The molecule has 0 aromatic heterocycles. The van der Waals surface area contributed by atoms with Crippen LogP contribution < -0.4 is 0 Å². The minimum absolute atomic E-state index is 0.220. The van der Waals surface area contributed by atoms with Crippen molar-refractivity contribution >= 4 is 5.78 Å². The maximum absolute atomic E-state index is 11.6. The fourth-order valence-corrected chi connectivity index (χ4v) is 2.24. The molecule has 2 fully saturated rings. The lowest BCUT2D eigenvalue weighted by Gasteiger charge is -2.35. The molecule has 74 valence electrons. The Morgan fingerprint density at radius 1 is 1.23 bits per heavy atom. The quantitative estimate of drug-likeness (QED) is 0.603. The van der Waals surface area contributed by atoms with Gasteiger partial charge in [0.15, 0.2) is 0 Å². The molecule has 3 nitrogen and oxygen atoms in total. The third-order valence-electron chi connectivity index (χ3n) is 3.01. The van der Waals surface area contributed by atoms with Gasteiger partial charge in [0.25, 0.3) is 0 Å². The van der Waals surface area contributed by atoms with Crippen molar-refractivity contribution in [3.05, 3.63) is 0 Å². The highest BCUT2D eigenvalue weighted by Crippen LogP contribution is 2.20. The molecule has 0 radical (unpaired) electrons. The number of ether oxygens (including phenoxy) is 1. The number of ketones is 1. The van der Waals surface area contributed by atoms with E-state index in [-0.39, 0.29) is 6.04 Å². The van der Waals surface area contributed by atoms with Gasteiger partial charge < -0.3 is 4.74 Å². The number of hydrogen-bond donors (Lipinski definition) is 0. The smallest absolute Gasteiger partial charge is 0.149 e. The monoisotopic (exact) mass is 183 g/mol. The summed E-state index contributed by atoms with van der Waals surface area (Å²) in [6.07, 6.45) is 4.17. The van der Waals surface area contributed by atoms with Crippen LogP contribution in [0.5, 0.6) is 0 Å². The SMILES string of the molecule is O=C1CCCC[C@@H]1N1CCOCC1. The van der Waals surface area contributed by atoms with Gasteiger partial charge in [-0.3, -0.25) is 9.69 Å². The predicted octanol–water partition coefficient (Wildman–Crippen LogP) is 0.830. The Morgan fingerprint density at radius 2 is 2.00 bits per heavy atom. The minimum Gasteiger partial charge on any atom is -0.379 e. The van der Waals surface area contributed by atoms with Crippen molar-refractivity contribution in [3.8, 4) is 0 Å². The third-order valence-corrected chi connectivity index (χ3v) is 3.01. The van der Waals surface area contributed by atoms with Crippen LogP contribution in [-0.2, 0) is 9.53 Å². The summed E-state index contributed by atoms with van der Waals surface area (Å²) in [5.74, 6) is 0.452. The van der Waals surface area contributed by atoms with Crippen LogP contribution in [0.3, 0.4) is 0 Å². The van der Waals surface area contributed by atoms with E-state index in [4.69, 9.17) is 4.74 Å². The molecular weight excluding hydrogens is 166 g/mol. The maximum atomic E-state index is 11.6. The van der Waals surface area contributed by atoms with Crippen LogP contribution in [0.4, 0.5) is 0 Å². The van der Waals surface area contributed by atoms with Crippen molar-refractivity contribution in [2.24, 2.45) is 0 Å². The molecule has 1 aliphatic heterocycles. The number of nitrogens with zero attached hydrogens (tertiary/aromatic N) is 1. The molecule has 1 heterocycles. The first-order valence-electron chi connectivity index (χ1n) is 5.22. The molecule has 0 bridgehead atoms. The Labute approximate surface area is 79.0 Å². The normalized spacial score (nSPS) is 32.0. The minimum atomic E-state index is 0.220. The van der Waals surface area contributed by atoms with Crippen LogP contribution in [0, 0.1) is 0 Å². The van der Waals surface area contributed by atoms with Gasteiger partial charge in [0.1, 0.15) is 5.78 Å². The molecule has 1 saturated carbocycles. The molecule has 0 unspecified atom stereocenters. The molecule has 0 amide bonds. The van der Waals surface area contributed by atoms with Gasteiger partial charge in [-0.15, -0.1) is 0 Å². The van der Waals surface area contributed by atoms with E-state index in [9.17, 15) is 4.79 Å². The van der Waals surface area contributed by atoms with Crippen molar-refractivity contribution in [2.45, 2.75) is 31.7 Å². The zero-order chi connectivity index (χ0) is 9.10. The molecule has 0 aromatic rings. The van der Waals surface area contributed by atoms with Gasteiger partial charge >= 0.3 is 0 Å². The average Bonchev–Trinajstić information content (AvgIpc) is 2.20. The van der Waals surface area contributed by atoms with Crippen LogP contribution >= 0.6 is 0 Å². The summed E-state index contributed by atoms with van der Waals surface area (Å²) in [5, 5.41) is 0. The Kier molecular flexibility index (Phi) is 2.96. The van der Waals surface area contributed by atoms with E-state index in [1.807, 2.05) is 0 Å². The summed E-state index contributed by atoms with van der Waals surface area (Å²) in [5.41, 5.74) is 0. The van der Waals surface area contributed by atoms with Gasteiger partial charge in [0, 0.05) is 19.5 Å². The molecule has 3 heteroatoms. The highest BCUT2D eigenvalue weighted by Gasteiger charge is 2.28. The van der Waals surface area contributed by atoms with Gasteiger partial charge in [-0.2, -0.15) is 0 Å². The van der Waals surface area contributed by atoms with Crippen molar-refractivity contribution < 1.29 is 9.53 Å². The number of rotatable bonds is 1. The first kappa shape index (κ1) is 9.16. The molecule has 2 aliphatic rings. The number of carbonyl (C=O) groups excluding carboxylic acids is 1. The molecule has 0 N–H and O–H groups in total. The van der Waals surface area contributed by atoms with E-state index >= 15 is 0 Å². The second kappa shape index (κ2) is 4.20. The highest BCUT2D eigenvalue weighted by atomic mass is 16.5. The fraction of sp³-hybridized carbons (Fsp3) is 0.900. The Bertz CT molecular complexity index is 187. The summed E-state index contributed by atoms with van der Waals surface area (Å²) in [6, 6.07) is 0.220. The first-order valence-corrected chi connectivity index (χ1v) is 5.22. The summed E-state index contributed by atoms with van der Waals surface area (Å²) in [7, 11) is 0. The van der Waals surface area contributed by atoms with Crippen molar-refractivity contribution in [2.75, 3.05) is 26.3 Å². The topological polar surface area (TPSA) is 29.5 Å². The molecule has 1 saturated heterocycles. The molecule has 13 heavy (non-hydrogen) atoms. The lowest BCUT2D eigenvalue weighted by molar-refractivity contribution is -0.128. The van der Waals surface area contributed by atoms with E-state index < -0.39 is 0 Å². The zero-order valence-corrected chi connectivity index (χ0v) is 8.00. The highest BCUT2D eigenvalue weighted by molar-refractivity contribution is 5.84. The molecule has 2 rings (SSSR count). The standard InChI is InChI=1S/C10H17NO2/c12-10-4-2-1-3-9(10)11-5-7-13-8-6-11/h9H,1-8H2/t9-/m0/s1. The lowest BCUT2D eigenvalue weighted by atomic mass is 9.93. The van der Waals surface area contributed by atoms with Gasteiger partial charge in [0.05, 0.1) is 19.3 Å². The molecule has 1 atom stereocenters. The summed E-state index contributed by atoms with van der Waals surface area (Å²) in [4.78, 5) is 13.9. The fourth-order valence-electron chi connectivity index (χ4n) is 2.24. The second-order valence-corrected chi connectivity index (χ2v) is 3.88. The number of hydrogen-bond acceptors (Lipinski definition) is 3. The first-order chi connectivity index (χ1) is 6.38.